The predicted molar refractivity (Wildman–Crippen MR) is 122 cm³/mol. The third kappa shape index (κ3) is 3.61. The van der Waals surface area contributed by atoms with Crippen molar-refractivity contribution in [2.45, 2.75) is 105 Å². The summed E-state index contributed by atoms with van der Waals surface area (Å²) >= 11 is 0. The van der Waals surface area contributed by atoms with Gasteiger partial charge in [0, 0.05) is 6.42 Å². The van der Waals surface area contributed by atoms with Gasteiger partial charge >= 0.3 is 0 Å². The summed E-state index contributed by atoms with van der Waals surface area (Å²) in [6, 6.07) is 0. The molecule has 7 atom stereocenters. The maximum absolute atomic E-state index is 9.29. The smallest absolute Gasteiger partial charge is 0.0611 e. The Labute approximate surface area is 179 Å². The number of nitrogens with zero attached hydrogens (tertiary/aromatic N) is 1. The molecule has 0 aliphatic heterocycles. The van der Waals surface area contributed by atoms with Crippen molar-refractivity contribution in [3.63, 3.8) is 0 Å². The first-order valence-electron chi connectivity index (χ1n) is 12.7. The quantitative estimate of drug-likeness (QED) is 0.285. The Bertz CT molecular complexity index is 663. The molecule has 0 aromatic carbocycles. The molecule has 4 aliphatic rings. The molecule has 0 spiro atoms. The van der Waals surface area contributed by atoms with Crippen molar-refractivity contribution in [2.75, 3.05) is 0 Å². The lowest BCUT2D eigenvalue weighted by molar-refractivity contribution is -0.0469. The lowest BCUT2D eigenvalue weighted by Crippen LogP contribution is -2.50. The third-order valence-corrected chi connectivity index (χ3v) is 10.3. The monoisotopic (exact) mass is 399 g/mol. The molecule has 7 unspecified atom stereocenters. The van der Waals surface area contributed by atoms with Crippen LogP contribution in [0.25, 0.3) is 0 Å². The van der Waals surface area contributed by atoms with Crippen LogP contribution in [0.4, 0.5) is 0 Å². The number of rotatable bonds is 5. The lowest BCUT2D eigenvalue weighted by Gasteiger charge is -2.58. The Morgan fingerprint density at radius 1 is 1.07 bits per heavy atom. The maximum atomic E-state index is 9.29. The minimum Gasteiger partial charge on any atom is -0.411 e. The molecule has 0 heterocycles. The van der Waals surface area contributed by atoms with Crippen molar-refractivity contribution < 1.29 is 5.21 Å². The van der Waals surface area contributed by atoms with Gasteiger partial charge in [0.2, 0.25) is 0 Å². The van der Waals surface area contributed by atoms with Gasteiger partial charge in [-0.2, -0.15) is 0 Å². The fourth-order valence-electron chi connectivity index (χ4n) is 8.60. The summed E-state index contributed by atoms with van der Waals surface area (Å²) in [6.45, 7) is 12.5. The first-order chi connectivity index (χ1) is 13.8. The highest BCUT2D eigenvalue weighted by atomic mass is 16.4. The van der Waals surface area contributed by atoms with Gasteiger partial charge in [-0.1, -0.05) is 70.7 Å². The molecule has 0 saturated heterocycles. The zero-order valence-electron chi connectivity index (χ0n) is 19.7. The zero-order valence-corrected chi connectivity index (χ0v) is 19.7. The van der Waals surface area contributed by atoms with Gasteiger partial charge in [0.15, 0.2) is 0 Å². The molecule has 164 valence electrons. The van der Waals surface area contributed by atoms with E-state index in [0.717, 1.165) is 54.1 Å². The third-order valence-electron chi connectivity index (χ3n) is 10.3. The average molecular weight is 400 g/mol. The van der Waals surface area contributed by atoms with Gasteiger partial charge in [-0.05, 0) is 91.3 Å². The summed E-state index contributed by atoms with van der Waals surface area (Å²) in [7, 11) is 0. The molecular formula is C27H45NO. The summed E-state index contributed by atoms with van der Waals surface area (Å²) in [4.78, 5) is 0. The standard InChI is InChI=1S/C27H45NO/c1-18(2)7-6-8-19(3)23-11-12-24-22-10-9-20-17-21(28-29)13-15-26(20,4)25(22)14-16-27(23,24)5/h9,18-19,22-25,29H,6-8,10-17H2,1-5H3. The topological polar surface area (TPSA) is 32.6 Å². The van der Waals surface area contributed by atoms with Crippen molar-refractivity contribution in [2.24, 2.45) is 51.5 Å². The van der Waals surface area contributed by atoms with E-state index in [-0.39, 0.29) is 0 Å². The predicted octanol–water partition coefficient (Wildman–Crippen LogP) is 7.86. The summed E-state index contributed by atoms with van der Waals surface area (Å²) in [6.07, 6.45) is 17.0. The fourth-order valence-corrected chi connectivity index (χ4v) is 8.60. The van der Waals surface area contributed by atoms with E-state index in [1.165, 1.54) is 57.8 Å². The number of hydrogen-bond acceptors (Lipinski definition) is 2. The minimum absolute atomic E-state index is 0.361. The molecule has 29 heavy (non-hydrogen) atoms. The van der Waals surface area contributed by atoms with Crippen LogP contribution in [0.2, 0.25) is 0 Å². The van der Waals surface area contributed by atoms with E-state index in [4.69, 9.17) is 0 Å². The van der Waals surface area contributed by atoms with Gasteiger partial charge in [0.05, 0.1) is 5.71 Å². The van der Waals surface area contributed by atoms with Crippen LogP contribution < -0.4 is 0 Å². The number of fused-ring (bicyclic) bond motifs is 5. The van der Waals surface area contributed by atoms with E-state index < -0.39 is 0 Å². The zero-order chi connectivity index (χ0) is 20.8. The van der Waals surface area contributed by atoms with Crippen molar-refractivity contribution in [1.82, 2.24) is 0 Å². The summed E-state index contributed by atoms with van der Waals surface area (Å²) in [5.41, 5.74) is 3.54. The van der Waals surface area contributed by atoms with E-state index in [1.54, 1.807) is 5.57 Å². The highest BCUT2D eigenvalue weighted by Crippen LogP contribution is 2.67. The Balaban J connectivity index is 1.50. The van der Waals surface area contributed by atoms with Gasteiger partial charge in [-0.3, -0.25) is 0 Å². The van der Waals surface area contributed by atoms with Crippen LogP contribution in [-0.4, -0.2) is 10.9 Å². The number of allylic oxidation sites excluding steroid dienone is 2. The average Bonchev–Trinajstić information content (AvgIpc) is 3.04. The molecule has 3 saturated carbocycles. The second kappa shape index (κ2) is 8.04. The van der Waals surface area contributed by atoms with Crippen LogP contribution in [0, 0.1) is 46.3 Å². The Morgan fingerprint density at radius 3 is 2.59 bits per heavy atom. The summed E-state index contributed by atoms with van der Waals surface area (Å²) in [5.74, 6) is 5.36. The minimum atomic E-state index is 0.361. The number of hydrogen-bond donors (Lipinski definition) is 1. The second-order valence-corrected chi connectivity index (χ2v) is 12.1. The van der Waals surface area contributed by atoms with Crippen LogP contribution in [-0.2, 0) is 0 Å². The van der Waals surface area contributed by atoms with Gasteiger partial charge in [-0.25, -0.2) is 0 Å². The molecule has 4 aliphatic carbocycles. The molecule has 0 aromatic heterocycles. The molecule has 0 aromatic rings. The van der Waals surface area contributed by atoms with Gasteiger partial charge in [0.25, 0.3) is 0 Å². The van der Waals surface area contributed by atoms with Crippen LogP contribution in [0.5, 0.6) is 0 Å². The molecular weight excluding hydrogens is 354 g/mol. The highest BCUT2D eigenvalue weighted by Gasteiger charge is 2.58. The molecule has 2 nitrogen and oxygen atoms in total. The summed E-state index contributed by atoms with van der Waals surface area (Å²) in [5, 5.41) is 12.9. The molecule has 4 rings (SSSR count). The normalized spacial score (nSPS) is 44.2. The van der Waals surface area contributed by atoms with E-state index >= 15 is 0 Å². The Hall–Kier alpha value is -0.790. The van der Waals surface area contributed by atoms with Crippen molar-refractivity contribution in [3.05, 3.63) is 11.6 Å². The van der Waals surface area contributed by atoms with Gasteiger partial charge in [0.1, 0.15) is 0 Å². The largest absolute Gasteiger partial charge is 0.411 e. The molecule has 0 radical (unpaired) electrons. The molecule has 3 fully saturated rings. The summed E-state index contributed by atoms with van der Waals surface area (Å²) < 4.78 is 0. The van der Waals surface area contributed by atoms with Crippen LogP contribution in [0.3, 0.4) is 0 Å². The first-order valence-corrected chi connectivity index (χ1v) is 12.7. The van der Waals surface area contributed by atoms with E-state index in [2.05, 4.69) is 45.9 Å². The van der Waals surface area contributed by atoms with Crippen LogP contribution >= 0.6 is 0 Å². The van der Waals surface area contributed by atoms with Crippen LogP contribution in [0.1, 0.15) is 105 Å². The first kappa shape index (κ1) is 21.4. The van der Waals surface area contributed by atoms with Crippen molar-refractivity contribution >= 4 is 5.71 Å². The molecule has 0 amide bonds. The van der Waals surface area contributed by atoms with Gasteiger partial charge in [-0.15, -0.1) is 0 Å². The van der Waals surface area contributed by atoms with Crippen molar-refractivity contribution in [1.29, 1.82) is 0 Å². The lowest BCUT2D eigenvalue weighted by atomic mass is 9.47. The second-order valence-electron chi connectivity index (χ2n) is 12.1. The fraction of sp³-hybridized carbons (Fsp3) is 0.889. The maximum Gasteiger partial charge on any atom is 0.0611 e. The van der Waals surface area contributed by atoms with E-state index in [9.17, 15) is 5.21 Å². The van der Waals surface area contributed by atoms with Crippen LogP contribution in [0.15, 0.2) is 16.8 Å². The highest BCUT2D eigenvalue weighted by molar-refractivity contribution is 5.87. The van der Waals surface area contributed by atoms with Gasteiger partial charge < -0.3 is 5.21 Å². The van der Waals surface area contributed by atoms with E-state index in [0.29, 0.717) is 10.8 Å². The SMILES string of the molecule is CC(C)CCCC(C)C1CCC2C3CC=C4CC(=NO)CCC4(C)C3CCC12C. The molecule has 1 N–H and O–H groups in total. The number of oxime groups is 1. The Kier molecular flexibility index (Phi) is 5.95. The van der Waals surface area contributed by atoms with Crippen molar-refractivity contribution in [3.8, 4) is 0 Å². The Morgan fingerprint density at radius 2 is 1.86 bits per heavy atom. The molecule has 0 bridgehead atoms. The van der Waals surface area contributed by atoms with E-state index in [1.807, 2.05) is 0 Å². The molecule has 2 heteroatoms.